The topological polar surface area (TPSA) is 77.4 Å². The summed E-state index contributed by atoms with van der Waals surface area (Å²) in [6.07, 6.45) is 7.06. The van der Waals surface area contributed by atoms with E-state index in [1.807, 2.05) is 6.07 Å². The molecule has 0 aliphatic carbocycles. The third kappa shape index (κ3) is 5.89. The van der Waals surface area contributed by atoms with E-state index < -0.39 is 5.97 Å². The Balaban J connectivity index is 1.89. The molecule has 0 radical (unpaired) electrons. The van der Waals surface area contributed by atoms with Crippen LogP contribution >= 0.6 is 34.4 Å². The van der Waals surface area contributed by atoms with Gasteiger partial charge in [-0.25, -0.2) is 9.79 Å². The zero-order chi connectivity index (χ0) is 24.0. The van der Waals surface area contributed by atoms with Crippen LogP contribution in [-0.4, -0.2) is 49.3 Å². The molecule has 0 spiro atoms. The Bertz CT molecular complexity index is 1190. The zero-order valence-corrected chi connectivity index (χ0v) is 21.2. The highest BCUT2D eigenvalue weighted by molar-refractivity contribution is 14.1. The van der Waals surface area contributed by atoms with Crippen LogP contribution in [0.1, 0.15) is 22.8 Å². The Labute approximate surface area is 210 Å². The van der Waals surface area contributed by atoms with E-state index in [4.69, 9.17) is 20.6 Å². The monoisotopic (exact) mass is 576 g/mol. The van der Waals surface area contributed by atoms with E-state index in [0.29, 0.717) is 39.4 Å². The Morgan fingerprint density at radius 2 is 2.12 bits per heavy atom. The highest BCUT2D eigenvalue weighted by Gasteiger charge is 2.30. The first-order valence-corrected chi connectivity index (χ1v) is 11.7. The highest BCUT2D eigenvalue weighted by Crippen LogP contribution is 2.37. The number of amidine groups is 1. The Kier molecular flexibility index (Phi) is 8.41. The van der Waals surface area contributed by atoms with E-state index in [9.17, 15) is 9.59 Å². The van der Waals surface area contributed by atoms with Crippen LogP contribution in [0.3, 0.4) is 0 Å². The number of amides is 1. The summed E-state index contributed by atoms with van der Waals surface area (Å²) >= 11 is 3.39. The lowest BCUT2D eigenvalue weighted by Gasteiger charge is -2.12. The number of ether oxygens (including phenoxy) is 3. The summed E-state index contributed by atoms with van der Waals surface area (Å²) in [4.78, 5) is 31.3. The van der Waals surface area contributed by atoms with Gasteiger partial charge in [-0.1, -0.05) is 12.0 Å². The van der Waals surface area contributed by atoms with Crippen LogP contribution in [0.15, 0.2) is 46.3 Å². The van der Waals surface area contributed by atoms with E-state index >= 15 is 0 Å². The molecule has 1 amide bonds. The lowest BCUT2D eigenvalue weighted by molar-refractivity contribution is -0.121. The molecule has 0 saturated carbocycles. The molecule has 170 valence electrons. The molecular formula is C24H21IN2O5S. The van der Waals surface area contributed by atoms with Gasteiger partial charge in [0.25, 0.3) is 5.91 Å². The molecule has 1 heterocycles. The lowest BCUT2D eigenvalue weighted by Crippen LogP contribution is -2.23. The maximum atomic E-state index is 12.8. The third-order valence-electron chi connectivity index (χ3n) is 4.43. The molecule has 0 aromatic heterocycles. The number of hydrogen-bond donors (Lipinski definition) is 0. The zero-order valence-electron chi connectivity index (χ0n) is 18.3. The second-order valence-electron chi connectivity index (χ2n) is 6.67. The van der Waals surface area contributed by atoms with Crippen LogP contribution in [0.25, 0.3) is 6.08 Å². The first kappa shape index (κ1) is 24.7. The Hall–Kier alpha value is -2.97. The molecule has 0 atom stereocenters. The summed E-state index contributed by atoms with van der Waals surface area (Å²) in [7, 11) is 3.20. The number of terminal acetylenes is 1. The molecule has 1 aliphatic heterocycles. The van der Waals surface area contributed by atoms with Crippen LogP contribution in [0.4, 0.5) is 5.69 Å². The molecule has 7 nitrogen and oxygen atoms in total. The van der Waals surface area contributed by atoms with Gasteiger partial charge in [0.1, 0.15) is 6.61 Å². The SMILES string of the molecule is C#CCOc1c(I)cc(C=C2SC(=Nc3cccc(C(=O)OCC)c3)N(C)C2=O)cc1OC. The maximum Gasteiger partial charge on any atom is 0.338 e. The minimum Gasteiger partial charge on any atom is -0.493 e. The van der Waals surface area contributed by atoms with Crippen LogP contribution in [-0.2, 0) is 9.53 Å². The fourth-order valence-corrected chi connectivity index (χ4v) is 4.68. The highest BCUT2D eigenvalue weighted by atomic mass is 127. The van der Waals surface area contributed by atoms with E-state index in [2.05, 4.69) is 33.5 Å². The van der Waals surface area contributed by atoms with Crippen molar-refractivity contribution < 1.29 is 23.8 Å². The van der Waals surface area contributed by atoms with E-state index in [1.54, 1.807) is 57.5 Å². The van der Waals surface area contributed by atoms with Crippen molar-refractivity contribution in [3.8, 4) is 23.8 Å². The number of hydrogen-bond acceptors (Lipinski definition) is 7. The third-order valence-corrected chi connectivity index (χ3v) is 6.30. The van der Waals surface area contributed by atoms with Gasteiger partial charge in [0.2, 0.25) is 0 Å². The summed E-state index contributed by atoms with van der Waals surface area (Å²) in [6, 6.07) is 10.4. The maximum absolute atomic E-state index is 12.8. The molecule has 0 unspecified atom stereocenters. The molecule has 0 bridgehead atoms. The van der Waals surface area contributed by atoms with E-state index in [1.165, 1.54) is 16.7 Å². The molecule has 1 fully saturated rings. The average molecular weight is 576 g/mol. The second-order valence-corrected chi connectivity index (χ2v) is 8.84. The first-order valence-electron chi connectivity index (χ1n) is 9.85. The van der Waals surface area contributed by atoms with Crippen molar-refractivity contribution in [2.24, 2.45) is 4.99 Å². The summed E-state index contributed by atoms with van der Waals surface area (Å²) < 4.78 is 16.9. The van der Waals surface area contributed by atoms with Crippen LogP contribution in [0.5, 0.6) is 11.5 Å². The number of methoxy groups -OCH3 is 1. The first-order chi connectivity index (χ1) is 15.9. The van der Waals surface area contributed by atoms with Crippen LogP contribution < -0.4 is 9.47 Å². The van der Waals surface area contributed by atoms with Crippen molar-refractivity contribution in [1.29, 1.82) is 0 Å². The number of carbonyl (C=O) groups excluding carboxylic acids is 2. The lowest BCUT2D eigenvalue weighted by atomic mass is 10.2. The smallest absolute Gasteiger partial charge is 0.338 e. The Morgan fingerprint density at radius 1 is 1.33 bits per heavy atom. The summed E-state index contributed by atoms with van der Waals surface area (Å²) in [5, 5.41) is 0.503. The van der Waals surface area contributed by atoms with Gasteiger partial charge in [0.15, 0.2) is 16.7 Å². The van der Waals surface area contributed by atoms with Crippen LogP contribution in [0, 0.1) is 15.9 Å². The quantitative estimate of drug-likeness (QED) is 0.206. The van der Waals surface area contributed by atoms with Crippen molar-refractivity contribution in [1.82, 2.24) is 4.90 Å². The summed E-state index contributed by atoms with van der Waals surface area (Å²) in [6.45, 7) is 2.17. The van der Waals surface area contributed by atoms with Gasteiger partial charge in [-0.2, -0.15) is 0 Å². The predicted octanol–water partition coefficient (Wildman–Crippen LogP) is 4.72. The van der Waals surface area contributed by atoms with Crippen LogP contribution in [0.2, 0.25) is 0 Å². The van der Waals surface area contributed by atoms with Crippen molar-refractivity contribution >= 4 is 63.2 Å². The number of aliphatic imine (C=N–C) groups is 1. The van der Waals surface area contributed by atoms with Gasteiger partial charge in [-0.15, -0.1) is 6.42 Å². The number of esters is 1. The number of benzene rings is 2. The van der Waals surface area contributed by atoms with Gasteiger partial charge < -0.3 is 14.2 Å². The largest absolute Gasteiger partial charge is 0.493 e. The standard InChI is InChI=1S/C24H21IN2O5S/c1-5-10-32-21-18(25)11-15(12-19(21)30-4)13-20-22(28)27(3)24(33-20)26-17-9-7-8-16(14-17)23(29)31-6-2/h1,7-9,11-14H,6,10H2,2-4H3. The molecule has 1 saturated heterocycles. The Morgan fingerprint density at radius 3 is 2.82 bits per heavy atom. The van der Waals surface area contributed by atoms with Crippen molar-refractivity contribution in [2.75, 3.05) is 27.4 Å². The molecule has 3 rings (SSSR count). The van der Waals surface area contributed by atoms with Crippen molar-refractivity contribution in [2.45, 2.75) is 6.92 Å². The number of rotatable bonds is 7. The molecule has 1 aliphatic rings. The number of nitrogens with zero attached hydrogens (tertiary/aromatic N) is 2. The second kappa shape index (κ2) is 11.2. The van der Waals surface area contributed by atoms with Gasteiger partial charge in [0, 0.05) is 7.05 Å². The van der Waals surface area contributed by atoms with E-state index in [-0.39, 0.29) is 12.5 Å². The number of carbonyl (C=O) groups is 2. The molecule has 9 heteroatoms. The fraction of sp³-hybridized carbons (Fsp3) is 0.208. The minimum atomic E-state index is -0.415. The summed E-state index contributed by atoms with van der Waals surface area (Å²) in [5.74, 6) is 2.93. The fourth-order valence-electron chi connectivity index (χ4n) is 2.91. The molecule has 2 aromatic rings. The van der Waals surface area contributed by atoms with Gasteiger partial charge in [0.05, 0.1) is 33.4 Å². The van der Waals surface area contributed by atoms with Crippen molar-refractivity contribution in [3.05, 3.63) is 56.0 Å². The van der Waals surface area contributed by atoms with Gasteiger partial charge >= 0.3 is 5.97 Å². The molecule has 33 heavy (non-hydrogen) atoms. The van der Waals surface area contributed by atoms with Gasteiger partial charge in [-0.3, -0.25) is 9.69 Å². The van der Waals surface area contributed by atoms with Gasteiger partial charge in [-0.05, 0) is 83.2 Å². The average Bonchev–Trinajstić information content (AvgIpc) is 3.06. The molecule has 2 aromatic carbocycles. The van der Waals surface area contributed by atoms with E-state index in [0.717, 1.165) is 9.13 Å². The number of halogens is 1. The molecule has 0 N–H and O–H groups in total. The molecular weight excluding hydrogens is 555 g/mol. The normalized spacial score (nSPS) is 15.6. The summed E-state index contributed by atoms with van der Waals surface area (Å²) in [5.41, 5.74) is 1.73. The minimum absolute atomic E-state index is 0.128. The number of likely N-dealkylation sites (N-methyl/N-ethyl adjacent to an activating group) is 1. The number of thioether (sulfide) groups is 1. The van der Waals surface area contributed by atoms with Crippen molar-refractivity contribution in [3.63, 3.8) is 0 Å². The predicted molar refractivity (Wildman–Crippen MR) is 138 cm³/mol.